The molecule has 0 radical (unpaired) electrons. The normalized spacial score (nSPS) is 12.6. The first-order chi connectivity index (χ1) is 7.81. The summed E-state index contributed by atoms with van der Waals surface area (Å²) in [6.45, 7) is -0.246. The molecule has 0 saturated heterocycles. The van der Waals surface area contributed by atoms with E-state index in [0.717, 1.165) is 10.8 Å². The number of ether oxygens (including phenoxy) is 1. The van der Waals surface area contributed by atoms with Crippen LogP contribution in [0.1, 0.15) is 0 Å². The Morgan fingerprint density at radius 3 is 2.88 bits per heavy atom. The van der Waals surface area contributed by atoms with E-state index >= 15 is 0 Å². The molecule has 0 saturated carbocycles. The van der Waals surface area contributed by atoms with Crippen molar-refractivity contribution in [2.24, 2.45) is 0 Å². The fourth-order valence-corrected chi connectivity index (χ4v) is 1.44. The molecular weight excluding hydrogens is 206 g/mol. The monoisotopic (exact) mass is 219 g/mol. The summed E-state index contributed by atoms with van der Waals surface area (Å²) in [5, 5.41) is 19.8. The highest BCUT2D eigenvalue weighted by atomic mass is 16.5. The van der Waals surface area contributed by atoms with Gasteiger partial charge in [0.1, 0.15) is 18.5 Å². The van der Waals surface area contributed by atoms with Gasteiger partial charge in [-0.15, -0.1) is 0 Å². The van der Waals surface area contributed by atoms with Crippen molar-refractivity contribution in [3.8, 4) is 5.75 Å². The highest BCUT2D eigenvalue weighted by molar-refractivity contribution is 5.87. The van der Waals surface area contributed by atoms with Gasteiger partial charge in [0.2, 0.25) is 0 Å². The molecule has 84 valence electrons. The number of hydrogen-bond acceptors (Lipinski definition) is 4. The van der Waals surface area contributed by atoms with E-state index in [2.05, 4.69) is 4.98 Å². The Balaban J connectivity index is 2.23. The van der Waals surface area contributed by atoms with Gasteiger partial charge in [-0.05, 0) is 0 Å². The molecule has 1 aromatic carbocycles. The maximum absolute atomic E-state index is 9.20. The van der Waals surface area contributed by atoms with E-state index in [9.17, 15) is 5.11 Å². The highest BCUT2D eigenvalue weighted by Gasteiger charge is 2.05. The first-order valence-corrected chi connectivity index (χ1v) is 5.05. The lowest BCUT2D eigenvalue weighted by Crippen LogP contribution is -2.21. The van der Waals surface area contributed by atoms with E-state index in [-0.39, 0.29) is 13.2 Å². The molecule has 0 aliphatic heterocycles. The minimum Gasteiger partial charge on any atom is -0.489 e. The zero-order valence-electron chi connectivity index (χ0n) is 8.71. The third-order valence-corrected chi connectivity index (χ3v) is 2.27. The number of rotatable bonds is 4. The zero-order chi connectivity index (χ0) is 11.4. The van der Waals surface area contributed by atoms with Crippen molar-refractivity contribution in [1.29, 1.82) is 0 Å². The van der Waals surface area contributed by atoms with Crippen molar-refractivity contribution in [2.75, 3.05) is 13.2 Å². The molecule has 16 heavy (non-hydrogen) atoms. The van der Waals surface area contributed by atoms with Gasteiger partial charge in [0, 0.05) is 17.0 Å². The van der Waals surface area contributed by atoms with Crippen molar-refractivity contribution in [2.45, 2.75) is 6.10 Å². The van der Waals surface area contributed by atoms with Crippen LogP contribution in [0.4, 0.5) is 0 Å². The van der Waals surface area contributed by atoms with Crippen LogP contribution < -0.4 is 4.74 Å². The summed E-state index contributed by atoms with van der Waals surface area (Å²) >= 11 is 0. The molecule has 2 rings (SSSR count). The maximum Gasteiger partial charge on any atom is 0.145 e. The largest absolute Gasteiger partial charge is 0.489 e. The molecule has 2 aromatic rings. The molecule has 1 aromatic heterocycles. The third kappa shape index (κ3) is 2.29. The summed E-state index contributed by atoms with van der Waals surface area (Å²) < 4.78 is 5.40. The number of aromatic nitrogens is 1. The molecule has 0 bridgehead atoms. The van der Waals surface area contributed by atoms with Crippen LogP contribution >= 0.6 is 0 Å². The summed E-state index contributed by atoms with van der Waals surface area (Å²) in [4.78, 5) is 4.05. The van der Waals surface area contributed by atoms with Crippen LogP contribution in [0.25, 0.3) is 10.8 Å². The van der Waals surface area contributed by atoms with Crippen LogP contribution in [0.5, 0.6) is 5.75 Å². The SMILES string of the molecule is OCC(O)COc1cncc2ccccc12. The topological polar surface area (TPSA) is 62.6 Å². The fraction of sp³-hybridized carbons (Fsp3) is 0.250. The van der Waals surface area contributed by atoms with E-state index in [1.807, 2.05) is 24.3 Å². The van der Waals surface area contributed by atoms with Crippen LogP contribution in [-0.4, -0.2) is 34.5 Å². The van der Waals surface area contributed by atoms with Crippen LogP contribution in [-0.2, 0) is 0 Å². The van der Waals surface area contributed by atoms with Gasteiger partial charge in [0.15, 0.2) is 0 Å². The molecule has 4 heteroatoms. The number of benzene rings is 1. The first kappa shape index (κ1) is 10.9. The van der Waals surface area contributed by atoms with E-state index < -0.39 is 6.10 Å². The van der Waals surface area contributed by atoms with Crippen LogP contribution in [0, 0.1) is 0 Å². The molecule has 0 aliphatic carbocycles. The molecule has 0 aliphatic rings. The molecular formula is C12H13NO3. The lowest BCUT2D eigenvalue weighted by atomic mass is 10.2. The van der Waals surface area contributed by atoms with Crippen molar-refractivity contribution in [1.82, 2.24) is 4.98 Å². The molecule has 1 heterocycles. The Morgan fingerprint density at radius 1 is 1.25 bits per heavy atom. The predicted octanol–water partition coefficient (Wildman–Crippen LogP) is 0.967. The number of aliphatic hydroxyl groups is 2. The predicted molar refractivity (Wildman–Crippen MR) is 60.3 cm³/mol. The lowest BCUT2D eigenvalue weighted by molar-refractivity contribution is 0.0540. The minimum absolute atomic E-state index is 0.0617. The van der Waals surface area contributed by atoms with Gasteiger partial charge >= 0.3 is 0 Å². The Bertz CT molecular complexity index is 467. The summed E-state index contributed by atoms with van der Waals surface area (Å²) in [6.07, 6.45) is 2.50. The van der Waals surface area contributed by atoms with Gasteiger partial charge < -0.3 is 14.9 Å². The van der Waals surface area contributed by atoms with Crippen molar-refractivity contribution in [3.05, 3.63) is 36.7 Å². The Morgan fingerprint density at radius 2 is 2.06 bits per heavy atom. The molecule has 2 N–H and O–H groups in total. The summed E-state index contributed by atoms with van der Waals surface area (Å²) in [7, 11) is 0. The Hall–Kier alpha value is -1.65. The van der Waals surface area contributed by atoms with E-state index in [1.165, 1.54) is 0 Å². The average Bonchev–Trinajstić information content (AvgIpc) is 2.35. The van der Waals surface area contributed by atoms with Gasteiger partial charge in [-0.2, -0.15) is 0 Å². The minimum atomic E-state index is -0.862. The number of hydrogen-bond donors (Lipinski definition) is 2. The van der Waals surface area contributed by atoms with Gasteiger partial charge in [0.05, 0.1) is 12.8 Å². The van der Waals surface area contributed by atoms with Crippen LogP contribution in [0.2, 0.25) is 0 Å². The lowest BCUT2D eigenvalue weighted by Gasteiger charge is -2.11. The smallest absolute Gasteiger partial charge is 0.145 e. The zero-order valence-corrected chi connectivity index (χ0v) is 8.71. The highest BCUT2D eigenvalue weighted by Crippen LogP contribution is 2.23. The second kappa shape index (κ2) is 4.92. The van der Waals surface area contributed by atoms with Gasteiger partial charge in [-0.3, -0.25) is 4.98 Å². The Labute approximate surface area is 93.1 Å². The second-order valence-corrected chi connectivity index (χ2v) is 3.51. The summed E-state index contributed by atoms with van der Waals surface area (Å²) in [5.74, 6) is 0.616. The van der Waals surface area contributed by atoms with Gasteiger partial charge in [0.25, 0.3) is 0 Å². The quantitative estimate of drug-likeness (QED) is 0.804. The number of nitrogens with zero attached hydrogens (tertiary/aromatic N) is 1. The second-order valence-electron chi connectivity index (χ2n) is 3.51. The van der Waals surface area contributed by atoms with Crippen molar-refractivity contribution >= 4 is 10.8 Å². The fourth-order valence-electron chi connectivity index (χ4n) is 1.44. The molecule has 0 fully saturated rings. The molecule has 4 nitrogen and oxygen atoms in total. The van der Waals surface area contributed by atoms with Crippen molar-refractivity contribution < 1.29 is 14.9 Å². The maximum atomic E-state index is 9.20. The summed E-state index contributed by atoms with van der Waals surface area (Å²) in [6, 6.07) is 7.71. The van der Waals surface area contributed by atoms with E-state index in [0.29, 0.717) is 5.75 Å². The number of fused-ring (bicyclic) bond motifs is 1. The van der Waals surface area contributed by atoms with Crippen LogP contribution in [0.3, 0.4) is 0 Å². The first-order valence-electron chi connectivity index (χ1n) is 5.05. The van der Waals surface area contributed by atoms with Gasteiger partial charge in [-0.1, -0.05) is 24.3 Å². The Kier molecular flexibility index (Phi) is 3.34. The standard InChI is InChI=1S/C12H13NO3/c14-7-10(15)8-16-12-6-13-5-9-3-1-2-4-11(9)12/h1-6,10,14-15H,7-8H2. The summed E-state index contributed by atoms with van der Waals surface area (Å²) in [5.41, 5.74) is 0. The third-order valence-electron chi connectivity index (χ3n) is 2.27. The molecule has 0 spiro atoms. The molecule has 0 amide bonds. The van der Waals surface area contributed by atoms with E-state index in [1.54, 1.807) is 12.4 Å². The van der Waals surface area contributed by atoms with E-state index in [4.69, 9.17) is 9.84 Å². The van der Waals surface area contributed by atoms with Crippen molar-refractivity contribution in [3.63, 3.8) is 0 Å². The molecule has 1 unspecified atom stereocenters. The van der Waals surface area contributed by atoms with Gasteiger partial charge in [-0.25, -0.2) is 0 Å². The average molecular weight is 219 g/mol. The molecule has 1 atom stereocenters. The number of aliphatic hydroxyl groups excluding tert-OH is 2. The van der Waals surface area contributed by atoms with Crippen LogP contribution in [0.15, 0.2) is 36.7 Å². The number of pyridine rings is 1.